The Labute approximate surface area is 139 Å². The van der Waals surface area contributed by atoms with Crippen LogP contribution in [-0.4, -0.2) is 10.8 Å². The van der Waals surface area contributed by atoms with Crippen molar-refractivity contribution in [2.45, 2.75) is 11.4 Å². The monoisotopic (exact) mass is 323 g/mol. The predicted octanol–water partition coefficient (Wildman–Crippen LogP) is 3.33. The Morgan fingerprint density at radius 1 is 1.09 bits per heavy atom. The molecule has 2 aromatic carbocycles. The molecule has 0 spiro atoms. The first kappa shape index (κ1) is 15.2. The number of Topliss-reactive ketones (excluding diaryl/α,β-unsaturated/α-hetero) is 1. The number of ketones is 1. The second-order valence-electron chi connectivity index (χ2n) is 4.93. The van der Waals surface area contributed by atoms with Crippen LogP contribution in [-0.2, 0) is 6.54 Å². The molecule has 0 saturated carbocycles. The fraction of sp³-hybridized carbons (Fsp3) is 0.0556. The Morgan fingerprint density at radius 2 is 1.83 bits per heavy atom. The molecule has 1 aromatic heterocycles. The topological polar surface area (TPSA) is 43.1 Å². The minimum Gasteiger partial charge on any atom is -0.433 e. The van der Waals surface area contributed by atoms with Crippen molar-refractivity contribution in [3.8, 4) is 11.6 Å². The molecule has 114 valence electrons. The third-order valence-electron chi connectivity index (χ3n) is 3.24. The van der Waals surface area contributed by atoms with Crippen LogP contribution in [0.15, 0.2) is 78.1 Å². The quantitative estimate of drug-likeness (QED) is 0.445. The molecule has 0 fully saturated rings. The van der Waals surface area contributed by atoms with Crippen molar-refractivity contribution < 1.29 is 14.1 Å². The van der Waals surface area contributed by atoms with Gasteiger partial charge in [-0.1, -0.05) is 42.5 Å². The van der Waals surface area contributed by atoms with E-state index in [9.17, 15) is 4.79 Å². The summed E-state index contributed by atoms with van der Waals surface area (Å²) in [5, 5.41) is 0. The fourth-order valence-electron chi connectivity index (χ4n) is 2.10. The molecule has 0 bridgehead atoms. The summed E-state index contributed by atoms with van der Waals surface area (Å²) in [4.78, 5) is 17.1. The van der Waals surface area contributed by atoms with Crippen LogP contribution in [0, 0.1) is 0 Å². The highest BCUT2D eigenvalue weighted by Crippen LogP contribution is 2.25. The number of hydrogen-bond donors (Lipinski definition) is 1. The molecule has 0 amide bonds. The van der Waals surface area contributed by atoms with Gasteiger partial charge >= 0.3 is 0 Å². The first-order valence-electron chi connectivity index (χ1n) is 7.11. The molecule has 4 nitrogen and oxygen atoms in total. The van der Waals surface area contributed by atoms with Crippen LogP contribution in [0.3, 0.4) is 0 Å². The van der Waals surface area contributed by atoms with E-state index in [2.05, 4.69) is 17.6 Å². The van der Waals surface area contributed by atoms with Crippen LogP contribution in [0.2, 0.25) is 0 Å². The van der Waals surface area contributed by atoms with Crippen molar-refractivity contribution >= 4 is 18.4 Å². The van der Waals surface area contributed by atoms with Gasteiger partial charge in [-0.05, 0) is 12.1 Å². The molecule has 23 heavy (non-hydrogen) atoms. The fourth-order valence-corrected chi connectivity index (χ4v) is 2.31. The predicted molar refractivity (Wildman–Crippen MR) is 89.0 cm³/mol. The van der Waals surface area contributed by atoms with Gasteiger partial charge in [-0.3, -0.25) is 4.79 Å². The van der Waals surface area contributed by atoms with E-state index in [1.54, 1.807) is 35.3 Å². The van der Waals surface area contributed by atoms with Crippen LogP contribution < -0.4 is 9.30 Å². The number of ether oxygens (including phenoxy) is 1. The lowest BCUT2D eigenvalue weighted by atomic mass is 10.1. The Hall–Kier alpha value is -2.66. The molecule has 0 N–H and O–H groups in total. The third-order valence-corrected chi connectivity index (χ3v) is 3.61. The molecular formula is C18H15N2O2S+. The summed E-state index contributed by atoms with van der Waals surface area (Å²) in [5.74, 6) is 1.06. The normalized spacial score (nSPS) is 10.3. The second kappa shape index (κ2) is 7.07. The summed E-state index contributed by atoms with van der Waals surface area (Å²) in [5.41, 5.74) is 0.681. The highest BCUT2D eigenvalue weighted by atomic mass is 32.1. The Bertz CT molecular complexity index is 822. The summed E-state index contributed by atoms with van der Waals surface area (Å²) in [7, 11) is 0. The van der Waals surface area contributed by atoms with Crippen LogP contribution in [0.1, 0.15) is 10.4 Å². The maximum absolute atomic E-state index is 12.2. The van der Waals surface area contributed by atoms with Crippen LogP contribution in [0.5, 0.6) is 11.6 Å². The van der Waals surface area contributed by atoms with Gasteiger partial charge in [0.05, 0.1) is 6.20 Å². The van der Waals surface area contributed by atoms with E-state index in [1.165, 1.54) is 0 Å². The van der Waals surface area contributed by atoms with Crippen molar-refractivity contribution in [1.29, 1.82) is 0 Å². The minimum atomic E-state index is 0.0299. The molecule has 5 heteroatoms. The van der Waals surface area contributed by atoms with Crippen molar-refractivity contribution in [3.63, 3.8) is 0 Å². The molecule has 0 atom stereocenters. The Kier molecular flexibility index (Phi) is 4.68. The van der Waals surface area contributed by atoms with Crippen molar-refractivity contribution in [3.05, 3.63) is 78.8 Å². The van der Waals surface area contributed by atoms with Gasteiger partial charge in [0.1, 0.15) is 5.75 Å². The lowest BCUT2D eigenvalue weighted by Crippen LogP contribution is -2.37. The summed E-state index contributed by atoms with van der Waals surface area (Å²) in [6, 6.07) is 16.6. The van der Waals surface area contributed by atoms with E-state index < -0.39 is 0 Å². The number of carbonyl (C=O) groups is 1. The summed E-state index contributed by atoms with van der Waals surface area (Å²) in [6.45, 7) is 0.228. The standard InChI is InChI=1S/C18H14N2O2S/c21-15(14-6-2-1-3-7-14)12-20-11-10-19-18(13-20)22-16-8-4-5-9-17(16)23/h1-11,13H,12H2/p+1. The second-order valence-corrected chi connectivity index (χ2v) is 5.41. The lowest BCUT2D eigenvalue weighted by molar-refractivity contribution is -0.683. The largest absolute Gasteiger partial charge is 0.433 e. The Balaban J connectivity index is 1.75. The number of hydrogen-bond acceptors (Lipinski definition) is 4. The molecule has 0 aliphatic heterocycles. The molecule has 1 heterocycles. The van der Waals surface area contributed by atoms with Crippen molar-refractivity contribution in [1.82, 2.24) is 4.98 Å². The van der Waals surface area contributed by atoms with E-state index in [4.69, 9.17) is 4.74 Å². The van der Waals surface area contributed by atoms with Crippen LogP contribution >= 0.6 is 12.6 Å². The number of rotatable bonds is 5. The maximum atomic E-state index is 12.2. The van der Waals surface area contributed by atoms with E-state index in [-0.39, 0.29) is 12.3 Å². The van der Waals surface area contributed by atoms with E-state index in [0.717, 1.165) is 4.90 Å². The SMILES string of the molecule is O=C(C[n+]1ccnc(Oc2ccccc2S)c1)c1ccccc1. The zero-order valence-corrected chi connectivity index (χ0v) is 13.2. The number of para-hydroxylation sites is 1. The molecule has 3 aromatic rings. The van der Waals surface area contributed by atoms with E-state index in [1.807, 2.05) is 42.5 Å². The zero-order chi connectivity index (χ0) is 16.1. The van der Waals surface area contributed by atoms with Gasteiger partial charge in [-0.15, -0.1) is 12.6 Å². The van der Waals surface area contributed by atoms with E-state index in [0.29, 0.717) is 17.2 Å². The smallest absolute Gasteiger partial charge is 0.285 e. The Morgan fingerprint density at radius 3 is 2.61 bits per heavy atom. The van der Waals surface area contributed by atoms with Crippen LogP contribution in [0.4, 0.5) is 0 Å². The number of nitrogens with zero attached hydrogens (tertiary/aromatic N) is 2. The number of carbonyl (C=O) groups excluding carboxylic acids is 1. The minimum absolute atomic E-state index is 0.0299. The summed E-state index contributed by atoms with van der Waals surface area (Å²) >= 11 is 4.34. The van der Waals surface area contributed by atoms with E-state index >= 15 is 0 Å². The molecule has 0 saturated heterocycles. The molecule has 0 radical (unpaired) electrons. The zero-order valence-electron chi connectivity index (χ0n) is 12.3. The molecule has 0 aliphatic carbocycles. The average molecular weight is 323 g/mol. The summed E-state index contributed by atoms with van der Waals surface area (Å²) < 4.78 is 7.47. The van der Waals surface area contributed by atoms with Gasteiger partial charge in [0.15, 0.2) is 6.20 Å². The highest BCUT2D eigenvalue weighted by Gasteiger charge is 2.13. The maximum Gasteiger partial charge on any atom is 0.285 e. The van der Waals surface area contributed by atoms with Crippen LogP contribution in [0.25, 0.3) is 0 Å². The highest BCUT2D eigenvalue weighted by molar-refractivity contribution is 7.80. The first-order chi connectivity index (χ1) is 11.2. The van der Waals surface area contributed by atoms with Gasteiger partial charge < -0.3 is 4.74 Å². The average Bonchev–Trinajstić information content (AvgIpc) is 2.58. The van der Waals surface area contributed by atoms with Gasteiger partial charge in [0.2, 0.25) is 18.5 Å². The summed E-state index contributed by atoms with van der Waals surface area (Å²) in [6.07, 6.45) is 5.04. The van der Waals surface area contributed by atoms with Crippen molar-refractivity contribution in [2.24, 2.45) is 0 Å². The van der Waals surface area contributed by atoms with Gasteiger partial charge in [-0.2, -0.15) is 4.57 Å². The molecule has 3 rings (SSSR count). The molecular weight excluding hydrogens is 308 g/mol. The van der Waals surface area contributed by atoms with Crippen molar-refractivity contribution in [2.75, 3.05) is 0 Å². The molecule has 0 aliphatic rings. The number of thiol groups is 1. The van der Waals surface area contributed by atoms with Gasteiger partial charge in [-0.25, -0.2) is 4.98 Å². The lowest BCUT2D eigenvalue weighted by Gasteiger charge is -2.05. The van der Waals surface area contributed by atoms with Gasteiger partial charge in [0, 0.05) is 10.5 Å². The number of benzene rings is 2. The molecule has 0 unspecified atom stereocenters. The number of aromatic nitrogens is 2. The van der Waals surface area contributed by atoms with Gasteiger partial charge in [0.25, 0.3) is 5.88 Å². The first-order valence-corrected chi connectivity index (χ1v) is 7.56. The third kappa shape index (κ3) is 3.96.